The van der Waals surface area contributed by atoms with Crippen LogP contribution in [-0.4, -0.2) is 18.1 Å². The van der Waals surface area contributed by atoms with E-state index in [1.807, 2.05) is 0 Å². The van der Waals surface area contributed by atoms with Crippen LogP contribution in [0.2, 0.25) is 0 Å². The minimum Gasteiger partial charge on any atom is -0.442 e. The van der Waals surface area contributed by atoms with Crippen LogP contribution in [0, 0.1) is 0 Å². The minimum atomic E-state index is -1.56. The Balaban J connectivity index is 2.01. The van der Waals surface area contributed by atoms with Crippen molar-refractivity contribution in [1.82, 2.24) is 0 Å². The highest BCUT2D eigenvalue weighted by Crippen LogP contribution is 2.16. The van der Waals surface area contributed by atoms with Crippen molar-refractivity contribution in [2.45, 2.75) is 107 Å². The second-order valence-electron chi connectivity index (χ2n) is 11.6. The van der Waals surface area contributed by atoms with Crippen molar-refractivity contribution in [3.8, 4) is 0 Å². The average molecular weight is 605 g/mol. The van der Waals surface area contributed by atoms with Crippen molar-refractivity contribution in [3.63, 3.8) is 0 Å². The van der Waals surface area contributed by atoms with Crippen molar-refractivity contribution in [3.05, 3.63) is 117 Å². The maximum Gasteiger partial charge on any atom is 0.273 e. The van der Waals surface area contributed by atoms with Gasteiger partial charge >= 0.3 is 0 Å². The summed E-state index contributed by atoms with van der Waals surface area (Å²) in [5, 5.41) is 5.71. The second kappa shape index (κ2) is 15.8. The van der Waals surface area contributed by atoms with Crippen LogP contribution in [0.25, 0.3) is 0 Å². The second-order valence-corrected chi connectivity index (χ2v) is 15.8. The van der Waals surface area contributed by atoms with E-state index < -0.39 is 18.1 Å². The Labute approximate surface area is 266 Å². The standard InChI is InChI=1S/C40H52OSi2/c1-9-29-17-21-37(33(13-5)25-29)42(38-22-18-30(10-2)26-34(38)14-6)41-43(39-23-19-31(11-3)27-35(39)15-7)40-24-20-32(12-4)28-36(40)16-8/h17-28H,9-16H2,1-8H3. The molecule has 0 bridgehead atoms. The first-order valence-electron chi connectivity index (χ1n) is 16.8. The Morgan fingerprint density at radius 3 is 0.767 bits per heavy atom. The number of rotatable bonds is 14. The van der Waals surface area contributed by atoms with Crippen molar-refractivity contribution >= 4 is 38.8 Å². The highest BCUT2D eigenvalue weighted by molar-refractivity contribution is 6.92. The van der Waals surface area contributed by atoms with Crippen molar-refractivity contribution in [2.24, 2.45) is 0 Å². The minimum absolute atomic E-state index is 1.02. The van der Waals surface area contributed by atoms with Crippen LogP contribution in [0.5, 0.6) is 0 Å². The van der Waals surface area contributed by atoms with E-state index in [1.165, 1.54) is 65.3 Å². The van der Waals surface area contributed by atoms with E-state index in [1.54, 1.807) is 0 Å². The van der Waals surface area contributed by atoms with Crippen LogP contribution in [0.1, 0.15) is 99.9 Å². The lowest BCUT2D eigenvalue weighted by Gasteiger charge is -2.29. The number of hydrogen-bond donors (Lipinski definition) is 0. The maximum absolute atomic E-state index is 7.86. The Morgan fingerprint density at radius 1 is 0.349 bits per heavy atom. The van der Waals surface area contributed by atoms with Gasteiger partial charge in [0.05, 0.1) is 0 Å². The molecule has 0 spiro atoms. The van der Waals surface area contributed by atoms with Gasteiger partial charge < -0.3 is 4.12 Å². The fourth-order valence-corrected chi connectivity index (χ4v) is 12.4. The summed E-state index contributed by atoms with van der Waals surface area (Å²) in [7, 11) is -3.12. The lowest BCUT2D eigenvalue weighted by atomic mass is 10.1. The summed E-state index contributed by atoms with van der Waals surface area (Å²) in [4.78, 5) is 0. The van der Waals surface area contributed by atoms with Crippen LogP contribution < -0.4 is 20.7 Å². The maximum atomic E-state index is 7.86. The van der Waals surface area contributed by atoms with Gasteiger partial charge in [-0.2, -0.15) is 0 Å². The predicted octanol–water partition coefficient (Wildman–Crippen LogP) is 7.11. The Hall–Kier alpha value is -2.73. The summed E-state index contributed by atoms with van der Waals surface area (Å²) in [6, 6.07) is 28.9. The first-order chi connectivity index (χ1) is 20.9. The molecule has 0 aliphatic heterocycles. The number of aryl methyl sites for hydroxylation is 8. The highest BCUT2D eigenvalue weighted by Gasteiger charge is 2.33. The molecule has 0 N–H and O–H groups in total. The molecule has 0 aliphatic rings. The molecule has 0 amide bonds. The predicted molar refractivity (Wildman–Crippen MR) is 192 cm³/mol. The molecular weight excluding hydrogens is 553 g/mol. The van der Waals surface area contributed by atoms with Crippen LogP contribution >= 0.6 is 0 Å². The molecule has 0 fully saturated rings. The van der Waals surface area contributed by atoms with Gasteiger partial charge in [-0.05, 0) is 117 Å². The van der Waals surface area contributed by atoms with E-state index >= 15 is 0 Å². The van der Waals surface area contributed by atoms with E-state index in [0.717, 1.165) is 51.4 Å². The van der Waals surface area contributed by atoms with Gasteiger partial charge in [-0.1, -0.05) is 128 Å². The molecule has 4 aromatic carbocycles. The fourth-order valence-electron chi connectivity index (χ4n) is 6.14. The molecule has 0 aromatic heterocycles. The zero-order chi connectivity index (χ0) is 30.9. The molecule has 0 heterocycles. The zero-order valence-electron chi connectivity index (χ0n) is 28.0. The van der Waals surface area contributed by atoms with Crippen LogP contribution in [0.4, 0.5) is 0 Å². The van der Waals surface area contributed by atoms with Crippen molar-refractivity contribution < 1.29 is 4.12 Å². The van der Waals surface area contributed by atoms with Gasteiger partial charge in [-0.3, -0.25) is 0 Å². The molecule has 0 atom stereocenters. The van der Waals surface area contributed by atoms with E-state index in [0.29, 0.717) is 0 Å². The monoisotopic (exact) mass is 604 g/mol. The Morgan fingerprint density at radius 2 is 0.581 bits per heavy atom. The molecule has 43 heavy (non-hydrogen) atoms. The summed E-state index contributed by atoms with van der Waals surface area (Å²) in [5.74, 6) is 0. The summed E-state index contributed by atoms with van der Waals surface area (Å²) in [5.41, 5.74) is 11.5. The average Bonchev–Trinajstić information content (AvgIpc) is 3.07. The van der Waals surface area contributed by atoms with Crippen molar-refractivity contribution in [2.75, 3.05) is 0 Å². The molecule has 0 aliphatic carbocycles. The molecule has 3 heteroatoms. The van der Waals surface area contributed by atoms with Gasteiger partial charge in [0, 0.05) is 0 Å². The summed E-state index contributed by atoms with van der Waals surface area (Å²) < 4.78 is 7.86. The third-order valence-electron chi connectivity index (χ3n) is 9.02. The first kappa shape index (κ1) is 33.2. The van der Waals surface area contributed by atoms with Gasteiger partial charge in [-0.25, -0.2) is 0 Å². The molecule has 0 saturated carbocycles. The number of benzene rings is 4. The molecule has 2 radical (unpaired) electrons. The number of hydrogen-bond acceptors (Lipinski definition) is 1. The van der Waals surface area contributed by atoms with E-state index in [-0.39, 0.29) is 0 Å². The molecule has 4 aromatic rings. The van der Waals surface area contributed by atoms with Crippen LogP contribution in [-0.2, 0) is 55.5 Å². The Kier molecular flexibility index (Phi) is 12.2. The van der Waals surface area contributed by atoms with Gasteiger partial charge in [0.1, 0.15) is 0 Å². The highest BCUT2D eigenvalue weighted by atomic mass is 28.4. The lowest BCUT2D eigenvalue weighted by Crippen LogP contribution is -2.58. The smallest absolute Gasteiger partial charge is 0.273 e. The van der Waals surface area contributed by atoms with E-state index in [9.17, 15) is 0 Å². The molecule has 4 rings (SSSR count). The van der Waals surface area contributed by atoms with Gasteiger partial charge in [-0.15, -0.1) is 0 Å². The third kappa shape index (κ3) is 7.50. The molecule has 0 saturated heterocycles. The van der Waals surface area contributed by atoms with Crippen LogP contribution in [0.3, 0.4) is 0 Å². The quantitative estimate of drug-likeness (QED) is 0.139. The molecule has 1 nitrogen and oxygen atoms in total. The molecule has 0 unspecified atom stereocenters. The molecule has 226 valence electrons. The lowest BCUT2D eigenvalue weighted by molar-refractivity contribution is 0.631. The Bertz CT molecular complexity index is 1280. The largest absolute Gasteiger partial charge is 0.442 e. The SMILES string of the molecule is CCc1ccc([Si](O[Si](c2ccc(CC)cc2CC)c2ccc(CC)cc2CC)c2ccc(CC)cc2CC)c(CC)c1. The summed E-state index contributed by atoms with van der Waals surface area (Å²) in [6.45, 7) is 18.3. The summed E-state index contributed by atoms with van der Waals surface area (Å²) in [6.07, 6.45) is 8.33. The molecular formula is C40H52OSi2. The fraction of sp³-hybridized carbons (Fsp3) is 0.400. The van der Waals surface area contributed by atoms with Gasteiger partial charge in [0.2, 0.25) is 0 Å². The van der Waals surface area contributed by atoms with E-state index in [2.05, 4.69) is 128 Å². The van der Waals surface area contributed by atoms with Gasteiger partial charge in [0.15, 0.2) is 0 Å². The van der Waals surface area contributed by atoms with Gasteiger partial charge in [0.25, 0.3) is 18.1 Å². The van der Waals surface area contributed by atoms with Crippen molar-refractivity contribution in [1.29, 1.82) is 0 Å². The first-order valence-corrected chi connectivity index (χ1v) is 19.7. The topological polar surface area (TPSA) is 9.23 Å². The summed E-state index contributed by atoms with van der Waals surface area (Å²) >= 11 is 0. The van der Waals surface area contributed by atoms with E-state index in [4.69, 9.17) is 4.12 Å². The normalized spacial score (nSPS) is 11.6. The van der Waals surface area contributed by atoms with Crippen LogP contribution in [0.15, 0.2) is 72.8 Å². The third-order valence-corrected chi connectivity index (χ3v) is 14.6. The zero-order valence-corrected chi connectivity index (χ0v) is 30.0.